The van der Waals surface area contributed by atoms with Gasteiger partial charge in [-0.05, 0) is 24.3 Å². The molecule has 0 spiro atoms. The fraction of sp³-hybridized carbons (Fsp3) is 0.200. The van der Waals surface area contributed by atoms with Crippen molar-refractivity contribution in [1.82, 2.24) is 0 Å². The number of nitrogens with zero attached hydrogens (tertiary/aromatic N) is 1. The summed E-state index contributed by atoms with van der Waals surface area (Å²) in [5.41, 5.74) is 0.530. The smallest absolute Gasteiger partial charge is 0.240 e. The van der Waals surface area contributed by atoms with Gasteiger partial charge in [0, 0.05) is 6.42 Å². The summed E-state index contributed by atoms with van der Waals surface area (Å²) in [6, 6.07) is 6.64. The quantitative estimate of drug-likeness (QED) is 0.307. The van der Waals surface area contributed by atoms with Crippen LogP contribution in [0.4, 0.5) is 5.69 Å². The Kier molecular flexibility index (Phi) is 4.11. The van der Waals surface area contributed by atoms with E-state index < -0.39 is 0 Å². The number of aliphatic imine (C=N–C) groups is 1. The number of ether oxygens (including phenoxy) is 1. The van der Waals surface area contributed by atoms with Gasteiger partial charge in [0.25, 0.3) is 0 Å². The van der Waals surface area contributed by atoms with Crippen LogP contribution in [0.2, 0.25) is 0 Å². The lowest BCUT2D eigenvalue weighted by atomic mass is 10.3. The van der Waals surface area contributed by atoms with Gasteiger partial charge in [-0.1, -0.05) is 0 Å². The molecule has 0 heterocycles. The summed E-state index contributed by atoms with van der Waals surface area (Å²) < 4.78 is 5.21. The van der Waals surface area contributed by atoms with Crippen LogP contribution < -0.4 is 4.74 Å². The van der Waals surface area contributed by atoms with Crippen molar-refractivity contribution in [2.45, 2.75) is 6.42 Å². The summed E-state index contributed by atoms with van der Waals surface area (Å²) in [4.78, 5) is 23.3. The van der Waals surface area contributed by atoms with Gasteiger partial charge >= 0.3 is 0 Å². The Bertz CT molecular complexity index is 339. The molecule has 0 N–H and O–H groups in total. The van der Waals surface area contributed by atoms with E-state index in [2.05, 4.69) is 4.99 Å². The average Bonchev–Trinajstić information content (AvgIpc) is 2.21. The molecule has 0 fully saturated rings. The van der Waals surface area contributed by atoms with Gasteiger partial charge in [-0.2, -0.15) is 4.99 Å². The predicted octanol–water partition coefficient (Wildman–Crippen LogP) is 1.62. The predicted molar refractivity (Wildman–Crippen MR) is 50.4 cm³/mol. The standard InChI is InChI=1S/C10H9NO3/c12-6-1-7-14-10-4-2-9(3-5-10)11-8-13/h2-6H,1,7H2. The van der Waals surface area contributed by atoms with Crippen molar-refractivity contribution in [3.63, 3.8) is 0 Å². The van der Waals surface area contributed by atoms with Gasteiger partial charge in [0.1, 0.15) is 12.0 Å². The normalized spacial score (nSPS) is 8.86. The van der Waals surface area contributed by atoms with Gasteiger partial charge in [0.05, 0.1) is 12.3 Å². The van der Waals surface area contributed by atoms with E-state index in [9.17, 15) is 9.59 Å². The molecule has 4 nitrogen and oxygen atoms in total. The van der Waals surface area contributed by atoms with Gasteiger partial charge in [-0.15, -0.1) is 0 Å². The Hall–Kier alpha value is -1.93. The molecule has 0 unspecified atom stereocenters. The van der Waals surface area contributed by atoms with Crippen molar-refractivity contribution in [3.05, 3.63) is 24.3 Å². The van der Waals surface area contributed by atoms with Crippen molar-refractivity contribution < 1.29 is 14.3 Å². The molecule has 0 saturated heterocycles. The Morgan fingerprint density at radius 1 is 1.36 bits per heavy atom. The summed E-state index contributed by atoms with van der Waals surface area (Å²) >= 11 is 0. The SMILES string of the molecule is O=C=Nc1ccc(OCCC=O)cc1. The van der Waals surface area contributed by atoms with Crippen LogP contribution in [0, 0.1) is 0 Å². The number of benzene rings is 1. The summed E-state index contributed by atoms with van der Waals surface area (Å²) in [5, 5.41) is 0. The first-order valence-corrected chi connectivity index (χ1v) is 4.11. The lowest BCUT2D eigenvalue weighted by Crippen LogP contribution is -1.96. The molecular weight excluding hydrogens is 182 g/mol. The lowest BCUT2D eigenvalue weighted by molar-refractivity contribution is -0.108. The average molecular weight is 191 g/mol. The zero-order valence-corrected chi connectivity index (χ0v) is 7.47. The Labute approximate surface area is 81.2 Å². The van der Waals surface area contributed by atoms with E-state index in [1.807, 2.05) is 0 Å². The maximum Gasteiger partial charge on any atom is 0.240 e. The summed E-state index contributed by atoms with van der Waals surface area (Å²) in [7, 11) is 0. The maximum atomic E-state index is 10.00. The molecule has 0 bridgehead atoms. The second-order valence-corrected chi connectivity index (χ2v) is 2.50. The van der Waals surface area contributed by atoms with E-state index >= 15 is 0 Å². The van der Waals surface area contributed by atoms with Crippen molar-refractivity contribution >= 4 is 18.1 Å². The van der Waals surface area contributed by atoms with Crippen LogP contribution in [0.3, 0.4) is 0 Å². The van der Waals surface area contributed by atoms with Crippen LogP contribution >= 0.6 is 0 Å². The van der Waals surface area contributed by atoms with E-state index in [4.69, 9.17) is 4.74 Å². The molecule has 0 amide bonds. The van der Waals surface area contributed by atoms with E-state index in [1.54, 1.807) is 24.3 Å². The maximum absolute atomic E-state index is 10.00. The fourth-order valence-electron chi connectivity index (χ4n) is 0.894. The fourth-order valence-corrected chi connectivity index (χ4v) is 0.894. The van der Waals surface area contributed by atoms with Gasteiger partial charge in [0.15, 0.2) is 0 Å². The minimum absolute atomic E-state index is 0.361. The first-order chi connectivity index (χ1) is 6.86. The van der Waals surface area contributed by atoms with Crippen LogP contribution in [0.5, 0.6) is 5.75 Å². The van der Waals surface area contributed by atoms with E-state index in [0.717, 1.165) is 6.29 Å². The van der Waals surface area contributed by atoms with Gasteiger partial charge in [0.2, 0.25) is 6.08 Å². The van der Waals surface area contributed by atoms with Gasteiger partial charge < -0.3 is 9.53 Å². The second kappa shape index (κ2) is 5.67. The zero-order chi connectivity index (χ0) is 10.2. The highest BCUT2D eigenvalue weighted by molar-refractivity contribution is 5.50. The Balaban J connectivity index is 2.54. The molecule has 0 aromatic heterocycles. The number of isocyanates is 1. The molecule has 0 aliphatic heterocycles. The first-order valence-electron chi connectivity index (χ1n) is 4.11. The topological polar surface area (TPSA) is 55.7 Å². The molecule has 1 aromatic rings. The van der Waals surface area contributed by atoms with Crippen molar-refractivity contribution in [3.8, 4) is 5.75 Å². The number of hydrogen-bond acceptors (Lipinski definition) is 4. The third kappa shape index (κ3) is 3.21. The third-order valence-electron chi connectivity index (χ3n) is 1.52. The van der Waals surface area contributed by atoms with Crippen LogP contribution in [0.15, 0.2) is 29.3 Å². The van der Waals surface area contributed by atoms with Crippen molar-refractivity contribution in [2.75, 3.05) is 6.61 Å². The molecule has 0 atom stereocenters. The molecule has 1 aromatic carbocycles. The van der Waals surface area contributed by atoms with Crippen molar-refractivity contribution in [2.24, 2.45) is 4.99 Å². The number of hydrogen-bond donors (Lipinski definition) is 0. The Morgan fingerprint density at radius 3 is 2.64 bits per heavy atom. The first kappa shape index (κ1) is 10.2. The number of carbonyl (C=O) groups is 1. The van der Waals surface area contributed by atoms with E-state index in [-0.39, 0.29) is 0 Å². The minimum atomic E-state index is 0.361. The molecule has 72 valence electrons. The monoisotopic (exact) mass is 191 g/mol. The zero-order valence-electron chi connectivity index (χ0n) is 7.47. The highest BCUT2D eigenvalue weighted by Crippen LogP contribution is 2.17. The third-order valence-corrected chi connectivity index (χ3v) is 1.52. The molecule has 1 rings (SSSR count). The van der Waals surface area contributed by atoms with Gasteiger partial charge in [-0.25, -0.2) is 4.79 Å². The highest BCUT2D eigenvalue weighted by Gasteiger charge is 1.93. The van der Waals surface area contributed by atoms with Crippen LogP contribution in [0.25, 0.3) is 0 Å². The lowest BCUT2D eigenvalue weighted by Gasteiger charge is -2.02. The number of rotatable bonds is 5. The largest absolute Gasteiger partial charge is 0.493 e. The molecule has 4 heteroatoms. The van der Waals surface area contributed by atoms with Crippen LogP contribution in [0.1, 0.15) is 6.42 Å². The summed E-state index contributed by atoms with van der Waals surface area (Å²) in [6.07, 6.45) is 2.61. The number of aldehydes is 1. The molecule has 14 heavy (non-hydrogen) atoms. The summed E-state index contributed by atoms with van der Waals surface area (Å²) in [6.45, 7) is 0.361. The van der Waals surface area contributed by atoms with Gasteiger partial charge in [-0.3, -0.25) is 0 Å². The summed E-state index contributed by atoms with van der Waals surface area (Å²) in [5.74, 6) is 0.650. The minimum Gasteiger partial charge on any atom is -0.493 e. The highest BCUT2D eigenvalue weighted by atomic mass is 16.5. The van der Waals surface area contributed by atoms with Crippen molar-refractivity contribution in [1.29, 1.82) is 0 Å². The second-order valence-electron chi connectivity index (χ2n) is 2.50. The number of carbonyl (C=O) groups excluding carboxylic acids is 2. The van der Waals surface area contributed by atoms with Crippen LogP contribution in [-0.4, -0.2) is 19.0 Å². The Morgan fingerprint density at radius 2 is 2.07 bits per heavy atom. The molecule has 0 aliphatic rings. The van der Waals surface area contributed by atoms with E-state index in [1.165, 1.54) is 6.08 Å². The van der Waals surface area contributed by atoms with E-state index in [0.29, 0.717) is 24.5 Å². The molecule has 0 radical (unpaired) electrons. The molecule has 0 saturated carbocycles. The van der Waals surface area contributed by atoms with Crippen LogP contribution in [-0.2, 0) is 9.59 Å². The molecule has 0 aliphatic carbocycles. The molecular formula is C10H9NO3.